The van der Waals surface area contributed by atoms with Crippen molar-refractivity contribution in [1.29, 1.82) is 0 Å². The standard InChI is InChI=1S/C22H29FN2O3S/c1-6-20(19-13-8-15(3)14-16(19)4)24-22(26)21(7-2)25(29(5,27)28)18-11-9-17(23)10-12-18/h8-14,20-21H,6-7H2,1-5H3,(H,24,26)/t20-,21+/m0/s1. The number of halogens is 1. The van der Waals surface area contributed by atoms with Gasteiger partial charge in [0.2, 0.25) is 15.9 Å². The monoisotopic (exact) mass is 420 g/mol. The average Bonchev–Trinajstić information content (AvgIpc) is 2.64. The van der Waals surface area contributed by atoms with Gasteiger partial charge in [-0.2, -0.15) is 0 Å². The predicted molar refractivity (Wildman–Crippen MR) is 115 cm³/mol. The number of anilines is 1. The summed E-state index contributed by atoms with van der Waals surface area (Å²) in [5, 5.41) is 3.01. The number of hydrogen-bond acceptors (Lipinski definition) is 3. The van der Waals surface area contributed by atoms with E-state index in [-0.39, 0.29) is 24.1 Å². The van der Waals surface area contributed by atoms with Crippen LogP contribution in [0, 0.1) is 19.7 Å². The van der Waals surface area contributed by atoms with Crippen LogP contribution < -0.4 is 9.62 Å². The van der Waals surface area contributed by atoms with Gasteiger partial charge in [-0.1, -0.05) is 37.6 Å². The van der Waals surface area contributed by atoms with Crippen molar-refractivity contribution in [2.75, 3.05) is 10.6 Å². The molecular formula is C22H29FN2O3S. The molecule has 0 saturated heterocycles. The SMILES string of the molecule is CC[C@H](NC(=O)[C@@H](CC)N(c1ccc(F)cc1)S(C)(=O)=O)c1ccc(C)cc1C. The van der Waals surface area contributed by atoms with E-state index < -0.39 is 21.9 Å². The van der Waals surface area contributed by atoms with Gasteiger partial charge in [-0.25, -0.2) is 12.8 Å². The number of aryl methyl sites for hydroxylation is 2. The third-order valence-corrected chi connectivity index (χ3v) is 6.12. The number of sulfonamides is 1. The lowest BCUT2D eigenvalue weighted by atomic mass is 9.97. The molecule has 2 rings (SSSR count). The molecule has 1 N–H and O–H groups in total. The minimum Gasteiger partial charge on any atom is -0.347 e. The maximum absolute atomic E-state index is 13.3. The summed E-state index contributed by atoms with van der Waals surface area (Å²) in [4.78, 5) is 13.1. The smallest absolute Gasteiger partial charge is 0.244 e. The Kier molecular flexibility index (Phi) is 7.41. The molecule has 0 fully saturated rings. The van der Waals surface area contributed by atoms with Crippen LogP contribution in [0.1, 0.15) is 49.4 Å². The highest BCUT2D eigenvalue weighted by Gasteiger charge is 2.32. The molecule has 0 saturated carbocycles. The lowest BCUT2D eigenvalue weighted by Gasteiger charge is -2.31. The molecule has 29 heavy (non-hydrogen) atoms. The third kappa shape index (κ3) is 5.56. The normalized spacial score (nSPS) is 13.6. The second kappa shape index (κ2) is 9.39. The molecule has 0 aromatic heterocycles. The zero-order valence-electron chi connectivity index (χ0n) is 17.6. The van der Waals surface area contributed by atoms with E-state index in [1.807, 2.05) is 32.9 Å². The molecule has 0 spiro atoms. The van der Waals surface area contributed by atoms with Gasteiger partial charge in [0.15, 0.2) is 0 Å². The van der Waals surface area contributed by atoms with Crippen LogP contribution in [0.2, 0.25) is 0 Å². The van der Waals surface area contributed by atoms with Crippen molar-refractivity contribution in [2.45, 2.75) is 52.6 Å². The Bertz CT molecular complexity index is 959. The van der Waals surface area contributed by atoms with Crippen molar-refractivity contribution in [1.82, 2.24) is 5.32 Å². The zero-order chi connectivity index (χ0) is 21.8. The number of nitrogens with one attached hydrogen (secondary N) is 1. The second-order valence-electron chi connectivity index (χ2n) is 7.29. The summed E-state index contributed by atoms with van der Waals surface area (Å²) < 4.78 is 39.4. The fourth-order valence-electron chi connectivity index (χ4n) is 3.53. The van der Waals surface area contributed by atoms with E-state index in [0.29, 0.717) is 6.42 Å². The van der Waals surface area contributed by atoms with Gasteiger partial charge < -0.3 is 5.32 Å². The number of amides is 1. The maximum Gasteiger partial charge on any atom is 0.244 e. The molecule has 2 aromatic rings. The van der Waals surface area contributed by atoms with Gasteiger partial charge in [-0.15, -0.1) is 0 Å². The molecule has 2 atom stereocenters. The fraction of sp³-hybridized carbons (Fsp3) is 0.409. The predicted octanol–water partition coefficient (Wildman–Crippen LogP) is 4.25. The molecule has 1 amide bonds. The van der Waals surface area contributed by atoms with Crippen LogP contribution in [-0.2, 0) is 14.8 Å². The highest BCUT2D eigenvalue weighted by atomic mass is 32.2. The number of carbonyl (C=O) groups is 1. The summed E-state index contributed by atoms with van der Waals surface area (Å²) in [6, 6.07) is 9.99. The number of rotatable bonds is 8. The Morgan fingerprint density at radius 1 is 1.07 bits per heavy atom. The zero-order valence-corrected chi connectivity index (χ0v) is 18.4. The highest BCUT2D eigenvalue weighted by Crippen LogP contribution is 2.25. The van der Waals surface area contributed by atoms with Gasteiger partial charge in [0, 0.05) is 0 Å². The summed E-state index contributed by atoms with van der Waals surface area (Å²) in [7, 11) is -3.76. The van der Waals surface area contributed by atoms with Crippen LogP contribution in [-0.4, -0.2) is 26.6 Å². The van der Waals surface area contributed by atoms with E-state index >= 15 is 0 Å². The first-order valence-electron chi connectivity index (χ1n) is 9.71. The fourth-order valence-corrected chi connectivity index (χ4v) is 4.74. The van der Waals surface area contributed by atoms with Crippen molar-refractivity contribution in [2.24, 2.45) is 0 Å². The summed E-state index contributed by atoms with van der Waals surface area (Å²) in [6.07, 6.45) is 1.99. The van der Waals surface area contributed by atoms with Crippen molar-refractivity contribution >= 4 is 21.6 Å². The molecule has 0 heterocycles. The molecule has 0 aliphatic rings. The van der Waals surface area contributed by atoms with Gasteiger partial charge in [0.1, 0.15) is 11.9 Å². The van der Waals surface area contributed by atoms with E-state index in [1.165, 1.54) is 24.3 Å². The van der Waals surface area contributed by atoms with E-state index in [4.69, 9.17) is 0 Å². The van der Waals surface area contributed by atoms with E-state index in [0.717, 1.165) is 27.3 Å². The Hall–Kier alpha value is -2.41. The molecule has 0 aliphatic carbocycles. The molecule has 0 aliphatic heterocycles. The second-order valence-corrected chi connectivity index (χ2v) is 9.15. The summed E-state index contributed by atoms with van der Waals surface area (Å²) >= 11 is 0. The molecule has 158 valence electrons. The highest BCUT2D eigenvalue weighted by molar-refractivity contribution is 7.92. The lowest BCUT2D eigenvalue weighted by Crippen LogP contribution is -2.50. The first-order chi connectivity index (χ1) is 13.6. The van der Waals surface area contributed by atoms with Crippen molar-refractivity contribution < 1.29 is 17.6 Å². The average molecular weight is 421 g/mol. The van der Waals surface area contributed by atoms with Crippen LogP contribution in [0.25, 0.3) is 0 Å². The van der Waals surface area contributed by atoms with Gasteiger partial charge in [-0.3, -0.25) is 9.10 Å². The summed E-state index contributed by atoms with van der Waals surface area (Å²) in [5.74, 6) is -0.852. The van der Waals surface area contributed by atoms with E-state index in [9.17, 15) is 17.6 Å². The molecule has 5 nitrogen and oxygen atoms in total. The Morgan fingerprint density at radius 2 is 1.69 bits per heavy atom. The lowest BCUT2D eigenvalue weighted by molar-refractivity contribution is -0.123. The molecular weight excluding hydrogens is 391 g/mol. The molecule has 2 aromatic carbocycles. The number of hydrogen-bond donors (Lipinski definition) is 1. The van der Waals surface area contributed by atoms with Crippen LogP contribution in [0.4, 0.5) is 10.1 Å². The Morgan fingerprint density at radius 3 is 2.17 bits per heavy atom. The number of nitrogens with zero attached hydrogens (tertiary/aromatic N) is 1. The van der Waals surface area contributed by atoms with Crippen molar-refractivity contribution in [3.8, 4) is 0 Å². The molecule has 0 unspecified atom stereocenters. The maximum atomic E-state index is 13.3. The van der Waals surface area contributed by atoms with Crippen LogP contribution >= 0.6 is 0 Å². The number of benzene rings is 2. The van der Waals surface area contributed by atoms with Crippen molar-refractivity contribution in [3.63, 3.8) is 0 Å². The van der Waals surface area contributed by atoms with Crippen LogP contribution in [0.3, 0.4) is 0 Å². The largest absolute Gasteiger partial charge is 0.347 e. The Balaban J connectivity index is 2.36. The topological polar surface area (TPSA) is 66.5 Å². The van der Waals surface area contributed by atoms with Gasteiger partial charge >= 0.3 is 0 Å². The van der Waals surface area contributed by atoms with Gasteiger partial charge in [-0.05, 0) is 62.1 Å². The quantitative estimate of drug-likeness (QED) is 0.694. The minimum atomic E-state index is -3.76. The third-order valence-electron chi connectivity index (χ3n) is 4.94. The minimum absolute atomic E-state index is 0.230. The first-order valence-corrected chi connectivity index (χ1v) is 11.6. The van der Waals surface area contributed by atoms with Crippen LogP contribution in [0.5, 0.6) is 0 Å². The van der Waals surface area contributed by atoms with Gasteiger partial charge in [0.25, 0.3) is 0 Å². The van der Waals surface area contributed by atoms with Crippen molar-refractivity contribution in [3.05, 3.63) is 65.0 Å². The molecule has 0 bridgehead atoms. The first kappa shape index (κ1) is 22.9. The summed E-state index contributed by atoms with van der Waals surface area (Å²) in [5.41, 5.74) is 3.48. The summed E-state index contributed by atoms with van der Waals surface area (Å²) in [6.45, 7) is 7.73. The van der Waals surface area contributed by atoms with Crippen LogP contribution in [0.15, 0.2) is 42.5 Å². The Labute approximate surface area is 173 Å². The molecule has 7 heteroatoms. The van der Waals surface area contributed by atoms with E-state index in [2.05, 4.69) is 11.4 Å². The molecule has 0 radical (unpaired) electrons. The number of carbonyl (C=O) groups excluding carboxylic acids is 1. The van der Waals surface area contributed by atoms with Gasteiger partial charge in [0.05, 0.1) is 18.0 Å². The van der Waals surface area contributed by atoms with E-state index in [1.54, 1.807) is 6.92 Å².